The second kappa shape index (κ2) is 5.99. The van der Waals surface area contributed by atoms with E-state index in [-0.39, 0.29) is 40.5 Å². The summed E-state index contributed by atoms with van der Waals surface area (Å²) in [7, 11) is -4.83. The molecular weight excluding hydrogens is 356 g/mol. The van der Waals surface area contributed by atoms with Crippen LogP contribution in [-0.4, -0.2) is 39.5 Å². The summed E-state index contributed by atoms with van der Waals surface area (Å²) < 4.78 is 41.5. The Kier molecular flexibility index (Phi) is 4.11. The number of hydrogen-bond acceptors (Lipinski definition) is 8. The van der Waals surface area contributed by atoms with E-state index in [9.17, 15) is 28.8 Å². The van der Waals surface area contributed by atoms with Crippen molar-refractivity contribution in [3.63, 3.8) is 0 Å². The van der Waals surface area contributed by atoms with Crippen LogP contribution in [0.5, 0.6) is 28.7 Å². The molecule has 0 unspecified atom stereocenters. The molecule has 0 bridgehead atoms. The third kappa shape index (κ3) is 3.55. The van der Waals surface area contributed by atoms with Crippen LogP contribution >= 0.6 is 0 Å². The van der Waals surface area contributed by atoms with Gasteiger partial charge in [0.05, 0.1) is 0 Å². The Morgan fingerprint density at radius 2 is 1.72 bits per heavy atom. The van der Waals surface area contributed by atoms with Gasteiger partial charge in [-0.15, -0.1) is 0 Å². The lowest BCUT2D eigenvalue weighted by Gasteiger charge is -2.33. The van der Waals surface area contributed by atoms with E-state index >= 15 is 0 Å². The summed E-state index contributed by atoms with van der Waals surface area (Å²) in [5, 5.41) is 38.5. The molecule has 10 heteroatoms. The van der Waals surface area contributed by atoms with Crippen molar-refractivity contribution in [2.75, 3.05) is 0 Å². The largest absolute Gasteiger partial charge is 0.508 e. The molecule has 134 valence electrons. The minimum Gasteiger partial charge on any atom is -0.508 e. The highest BCUT2D eigenvalue weighted by Crippen LogP contribution is 2.43. The van der Waals surface area contributed by atoms with E-state index in [0.717, 1.165) is 12.1 Å². The van der Waals surface area contributed by atoms with Gasteiger partial charge in [-0.3, -0.25) is 4.55 Å². The van der Waals surface area contributed by atoms with Crippen LogP contribution in [0.1, 0.15) is 17.2 Å². The third-order valence-corrected chi connectivity index (χ3v) is 4.23. The Morgan fingerprint density at radius 3 is 2.36 bits per heavy atom. The van der Waals surface area contributed by atoms with Gasteiger partial charge < -0.3 is 25.2 Å². The van der Waals surface area contributed by atoms with Crippen LogP contribution in [0, 0.1) is 0 Å². The van der Waals surface area contributed by atoms with E-state index in [4.69, 9.17) is 9.29 Å². The number of hydrogen-bond donors (Lipinski definition) is 5. The first-order chi connectivity index (χ1) is 11.6. The van der Waals surface area contributed by atoms with Crippen molar-refractivity contribution in [3.8, 4) is 28.7 Å². The molecule has 2 aromatic carbocycles. The van der Waals surface area contributed by atoms with Crippen LogP contribution in [0.2, 0.25) is 0 Å². The molecule has 9 nitrogen and oxygen atoms in total. The SMILES string of the molecule is O=S(=O)(O)O[C@@H]1Cc2c(O)cc(O)cc2O[C@@H]1c1ccc(O)c(O)c1. The number of phenols is 4. The first kappa shape index (κ1) is 17.1. The van der Waals surface area contributed by atoms with Gasteiger partial charge in [-0.25, -0.2) is 4.18 Å². The van der Waals surface area contributed by atoms with Crippen LogP contribution in [0.25, 0.3) is 0 Å². The van der Waals surface area contributed by atoms with Crippen LogP contribution in [-0.2, 0) is 21.0 Å². The second-order valence-electron chi connectivity index (χ2n) is 5.49. The van der Waals surface area contributed by atoms with E-state index in [1.807, 2.05) is 0 Å². The van der Waals surface area contributed by atoms with Gasteiger partial charge in [0, 0.05) is 24.1 Å². The number of aromatic hydroxyl groups is 4. The summed E-state index contributed by atoms with van der Waals surface area (Å²) in [5.74, 6) is -1.35. The van der Waals surface area contributed by atoms with Crippen molar-refractivity contribution >= 4 is 10.4 Å². The molecule has 1 aliphatic heterocycles. The number of ether oxygens (including phenoxy) is 1. The number of benzene rings is 2. The maximum absolute atomic E-state index is 11.1. The molecule has 0 aliphatic carbocycles. The van der Waals surface area contributed by atoms with Crippen LogP contribution in [0.3, 0.4) is 0 Å². The van der Waals surface area contributed by atoms with Gasteiger partial charge in [-0.05, 0) is 17.7 Å². The Balaban J connectivity index is 2.07. The molecule has 2 aromatic rings. The fourth-order valence-corrected chi connectivity index (χ4v) is 3.17. The van der Waals surface area contributed by atoms with Gasteiger partial charge in [-0.1, -0.05) is 6.07 Å². The van der Waals surface area contributed by atoms with Crippen LogP contribution < -0.4 is 4.74 Å². The summed E-state index contributed by atoms with van der Waals surface area (Å²) in [6, 6.07) is 5.97. The smallest absolute Gasteiger partial charge is 0.397 e. The maximum Gasteiger partial charge on any atom is 0.397 e. The number of phenolic OH excluding ortho intramolecular Hbond substituents is 4. The highest BCUT2D eigenvalue weighted by molar-refractivity contribution is 7.80. The molecule has 5 N–H and O–H groups in total. The minimum atomic E-state index is -4.83. The fourth-order valence-electron chi connectivity index (χ4n) is 2.69. The first-order valence-corrected chi connectivity index (χ1v) is 8.39. The van der Waals surface area contributed by atoms with Crippen molar-refractivity contribution in [3.05, 3.63) is 41.5 Å². The van der Waals surface area contributed by atoms with Crippen LogP contribution in [0.15, 0.2) is 30.3 Å². The quantitative estimate of drug-likeness (QED) is 0.398. The lowest BCUT2D eigenvalue weighted by molar-refractivity contribution is 0.0333. The first-order valence-electron chi connectivity index (χ1n) is 7.03. The Bertz CT molecular complexity index is 923. The average Bonchev–Trinajstić information content (AvgIpc) is 2.48. The Morgan fingerprint density at radius 1 is 1.00 bits per heavy atom. The molecule has 0 radical (unpaired) electrons. The van der Waals surface area contributed by atoms with Gasteiger partial charge in [-0.2, -0.15) is 8.42 Å². The zero-order valence-corrected chi connectivity index (χ0v) is 13.3. The van der Waals surface area contributed by atoms with E-state index < -0.39 is 28.4 Å². The molecule has 0 saturated heterocycles. The number of fused-ring (bicyclic) bond motifs is 1. The standard InChI is InChI=1S/C15H14O9S/c16-8-4-11(18)9-6-14(24-25(20,21)22)15(23-13(9)5-8)7-1-2-10(17)12(19)3-7/h1-5,14-19H,6H2,(H,20,21,22)/t14-,15-/m1/s1. The van der Waals surface area contributed by atoms with Gasteiger partial charge in [0.1, 0.15) is 23.4 Å². The van der Waals surface area contributed by atoms with Crippen molar-refractivity contribution in [1.82, 2.24) is 0 Å². The van der Waals surface area contributed by atoms with Gasteiger partial charge in [0.2, 0.25) is 0 Å². The molecule has 0 aromatic heterocycles. The zero-order valence-electron chi connectivity index (χ0n) is 12.5. The lowest BCUT2D eigenvalue weighted by atomic mass is 9.94. The van der Waals surface area contributed by atoms with E-state index in [2.05, 4.69) is 4.18 Å². The summed E-state index contributed by atoms with van der Waals surface area (Å²) in [4.78, 5) is 0. The Labute approximate surface area is 142 Å². The molecule has 25 heavy (non-hydrogen) atoms. The second-order valence-corrected chi connectivity index (χ2v) is 6.54. The van der Waals surface area contributed by atoms with Crippen LogP contribution in [0.4, 0.5) is 0 Å². The van der Waals surface area contributed by atoms with Crippen molar-refractivity contribution in [2.24, 2.45) is 0 Å². The lowest BCUT2D eigenvalue weighted by Crippen LogP contribution is -2.34. The van der Waals surface area contributed by atoms with E-state index in [1.54, 1.807) is 0 Å². The molecule has 2 atom stereocenters. The molecule has 0 spiro atoms. The molecule has 0 amide bonds. The molecule has 3 rings (SSSR count). The normalized spacial score (nSPS) is 19.9. The topological polar surface area (TPSA) is 154 Å². The van der Waals surface area contributed by atoms with Gasteiger partial charge >= 0.3 is 10.4 Å². The molecule has 0 fully saturated rings. The maximum atomic E-state index is 11.1. The fraction of sp³-hybridized carbons (Fsp3) is 0.200. The molecule has 1 aliphatic rings. The average molecular weight is 370 g/mol. The molecular formula is C15H14O9S. The van der Waals surface area contributed by atoms with Gasteiger partial charge in [0.25, 0.3) is 0 Å². The monoisotopic (exact) mass is 370 g/mol. The minimum absolute atomic E-state index is 0.0882. The summed E-state index contributed by atoms with van der Waals surface area (Å²) in [6.45, 7) is 0. The van der Waals surface area contributed by atoms with Crippen molar-refractivity contribution in [2.45, 2.75) is 18.6 Å². The summed E-state index contributed by atoms with van der Waals surface area (Å²) in [5.41, 5.74) is 0.433. The van der Waals surface area contributed by atoms with Crippen molar-refractivity contribution < 1.29 is 42.3 Å². The summed E-state index contributed by atoms with van der Waals surface area (Å²) in [6.07, 6.45) is -2.53. The highest BCUT2D eigenvalue weighted by Gasteiger charge is 2.37. The predicted octanol–water partition coefficient (Wildman–Crippen LogP) is 1.37. The highest BCUT2D eigenvalue weighted by atomic mass is 32.3. The number of rotatable bonds is 3. The van der Waals surface area contributed by atoms with E-state index in [0.29, 0.717) is 0 Å². The zero-order chi connectivity index (χ0) is 18.4. The van der Waals surface area contributed by atoms with Gasteiger partial charge in [0.15, 0.2) is 17.6 Å². The van der Waals surface area contributed by atoms with Crippen molar-refractivity contribution in [1.29, 1.82) is 0 Å². The summed E-state index contributed by atoms with van der Waals surface area (Å²) >= 11 is 0. The third-order valence-electron chi connectivity index (χ3n) is 3.74. The Hall–Kier alpha value is -2.69. The molecule has 1 heterocycles. The van der Waals surface area contributed by atoms with E-state index in [1.165, 1.54) is 18.2 Å². The molecule has 0 saturated carbocycles. The predicted molar refractivity (Wildman–Crippen MR) is 83.0 cm³/mol.